The molecule has 0 aliphatic carbocycles. The first-order valence-electron chi connectivity index (χ1n) is 21.2. The Labute approximate surface area is 364 Å². The summed E-state index contributed by atoms with van der Waals surface area (Å²) in [5.74, 6) is 2.04. The van der Waals surface area contributed by atoms with Crippen LogP contribution in [-0.4, -0.2) is 103 Å². The van der Waals surface area contributed by atoms with E-state index in [0.717, 1.165) is 37.2 Å². The van der Waals surface area contributed by atoms with Gasteiger partial charge in [0.05, 0.1) is 37.6 Å². The van der Waals surface area contributed by atoms with Gasteiger partial charge in [0, 0.05) is 26.4 Å². The van der Waals surface area contributed by atoms with Crippen LogP contribution in [0.4, 0.5) is 0 Å². The number of carbonyl (C=O) groups excluding carboxylic acids is 2. The van der Waals surface area contributed by atoms with Gasteiger partial charge in [0.25, 0.3) is 0 Å². The molecule has 0 aliphatic rings. The first-order valence-corrected chi connectivity index (χ1v) is 21.2. The van der Waals surface area contributed by atoms with E-state index in [2.05, 4.69) is 0 Å². The summed E-state index contributed by atoms with van der Waals surface area (Å²) < 4.78 is 57.8. The molecule has 0 saturated carbocycles. The van der Waals surface area contributed by atoms with Gasteiger partial charge >= 0.3 is 11.9 Å². The van der Waals surface area contributed by atoms with E-state index >= 15 is 0 Å². The minimum atomic E-state index is -0.555. The van der Waals surface area contributed by atoms with Crippen LogP contribution in [0.1, 0.15) is 46.4 Å². The van der Waals surface area contributed by atoms with Gasteiger partial charge in [-0.3, -0.25) is 0 Å². The maximum Gasteiger partial charge on any atom is 0.338 e. The molecule has 5 aromatic carbocycles. The lowest BCUT2D eigenvalue weighted by Gasteiger charge is -2.19. The molecule has 0 amide bonds. The minimum Gasteiger partial charge on any atom is -0.491 e. The van der Waals surface area contributed by atoms with E-state index < -0.39 is 24.1 Å². The molecular formula is C50H58O12. The highest BCUT2D eigenvalue weighted by Crippen LogP contribution is 2.18. The van der Waals surface area contributed by atoms with Crippen LogP contribution >= 0.6 is 0 Å². The van der Waals surface area contributed by atoms with Crippen molar-refractivity contribution in [3.8, 4) is 23.0 Å². The number of hydrogen-bond donors (Lipinski definition) is 0. The van der Waals surface area contributed by atoms with E-state index in [9.17, 15) is 9.59 Å². The van der Waals surface area contributed by atoms with Crippen molar-refractivity contribution in [2.45, 2.75) is 37.9 Å². The van der Waals surface area contributed by atoms with Gasteiger partial charge in [-0.2, -0.15) is 0 Å². The van der Waals surface area contributed by atoms with Crippen LogP contribution in [0.3, 0.4) is 0 Å². The first kappa shape index (κ1) is 47.1. The number of benzene rings is 5. The predicted molar refractivity (Wildman–Crippen MR) is 234 cm³/mol. The Kier molecular flexibility index (Phi) is 22.3. The lowest BCUT2D eigenvalue weighted by atomic mass is 10.2. The number of esters is 2. The molecule has 5 rings (SSSR count). The van der Waals surface area contributed by atoms with Gasteiger partial charge in [-0.1, -0.05) is 72.8 Å². The number of unbranched alkanes of at least 4 members (excludes halogenated alkanes) is 2. The van der Waals surface area contributed by atoms with Crippen molar-refractivity contribution < 1.29 is 57.0 Å². The minimum absolute atomic E-state index is 0.185. The van der Waals surface area contributed by atoms with Crippen LogP contribution in [0, 0.1) is 0 Å². The number of ether oxygens (including phenoxy) is 10. The highest BCUT2D eigenvalue weighted by atomic mass is 16.6. The summed E-state index contributed by atoms with van der Waals surface area (Å²) in [4.78, 5) is 25.3. The Morgan fingerprint density at radius 3 is 1.02 bits per heavy atom. The van der Waals surface area contributed by atoms with E-state index in [1.165, 1.54) is 0 Å². The Bertz CT molecular complexity index is 1760. The fraction of sp³-hybridized carbons (Fsp3) is 0.360. The predicted octanol–water partition coefficient (Wildman–Crippen LogP) is 8.68. The fourth-order valence-corrected chi connectivity index (χ4v) is 5.75. The monoisotopic (exact) mass is 850 g/mol. The quantitative estimate of drug-likeness (QED) is 0.0304. The summed E-state index contributed by atoms with van der Waals surface area (Å²) in [5.41, 5.74) is 0.962. The van der Waals surface area contributed by atoms with Crippen LogP contribution in [0.15, 0.2) is 146 Å². The second-order valence-electron chi connectivity index (χ2n) is 14.0. The van der Waals surface area contributed by atoms with Gasteiger partial charge in [-0.25, -0.2) is 9.59 Å². The van der Waals surface area contributed by atoms with Crippen molar-refractivity contribution in [1.29, 1.82) is 0 Å². The molecule has 2 atom stereocenters. The summed E-state index contributed by atoms with van der Waals surface area (Å²) in [6.07, 6.45) is 2.13. The van der Waals surface area contributed by atoms with Gasteiger partial charge in [-0.05, 0) is 98.5 Å². The maximum absolute atomic E-state index is 12.6. The Hall–Kier alpha value is -5.92. The lowest BCUT2D eigenvalue weighted by molar-refractivity contribution is -0.0213. The van der Waals surface area contributed by atoms with Crippen molar-refractivity contribution in [3.63, 3.8) is 0 Å². The molecule has 0 heterocycles. The van der Waals surface area contributed by atoms with Crippen molar-refractivity contribution in [2.75, 3.05) is 79.3 Å². The molecule has 330 valence electrons. The average Bonchev–Trinajstić information content (AvgIpc) is 3.32. The van der Waals surface area contributed by atoms with Gasteiger partial charge < -0.3 is 47.4 Å². The van der Waals surface area contributed by atoms with Crippen molar-refractivity contribution in [1.82, 2.24) is 0 Å². The molecule has 0 aromatic heterocycles. The van der Waals surface area contributed by atoms with Crippen LogP contribution in [0.5, 0.6) is 23.0 Å². The molecule has 2 unspecified atom stereocenters. The van der Waals surface area contributed by atoms with E-state index in [-0.39, 0.29) is 26.4 Å². The zero-order chi connectivity index (χ0) is 43.1. The van der Waals surface area contributed by atoms with Gasteiger partial charge in [0.1, 0.15) is 49.4 Å². The van der Waals surface area contributed by atoms with Crippen molar-refractivity contribution >= 4 is 11.9 Å². The van der Waals surface area contributed by atoms with Crippen LogP contribution < -0.4 is 18.9 Å². The smallest absolute Gasteiger partial charge is 0.338 e. The van der Waals surface area contributed by atoms with Gasteiger partial charge in [-0.15, -0.1) is 0 Å². The highest BCUT2D eigenvalue weighted by Gasteiger charge is 2.19. The number of para-hydroxylation sites is 2. The summed E-state index contributed by atoms with van der Waals surface area (Å²) >= 11 is 0. The highest BCUT2D eigenvalue weighted by molar-refractivity contribution is 5.89. The molecule has 12 nitrogen and oxygen atoms in total. The Morgan fingerprint density at radius 1 is 0.323 bits per heavy atom. The second kappa shape index (κ2) is 29.4. The van der Waals surface area contributed by atoms with Gasteiger partial charge in [0.15, 0.2) is 12.2 Å². The maximum atomic E-state index is 12.6. The van der Waals surface area contributed by atoms with E-state index in [4.69, 9.17) is 47.4 Å². The second-order valence-corrected chi connectivity index (χ2v) is 14.0. The van der Waals surface area contributed by atoms with Crippen LogP contribution in [0.2, 0.25) is 0 Å². The molecule has 5 aromatic rings. The van der Waals surface area contributed by atoms with Gasteiger partial charge in [0.2, 0.25) is 0 Å². The largest absolute Gasteiger partial charge is 0.491 e. The zero-order valence-corrected chi connectivity index (χ0v) is 35.2. The molecule has 0 saturated heterocycles. The number of hydrogen-bond acceptors (Lipinski definition) is 12. The Morgan fingerprint density at radius 2 is 0.645 bits per heavy atom. The Balaban J connectivity index is 0.838. The van der Waals surface area contributed by atoms with E-state index in [1.807, 2.05) is 97.1 Å². The number of rotatable bonds is 32. The molecule has 0 fully saturated rings. The molecule has 0 radical (unpaired) electrons. The SMILES string of the molecule is O=C(OC(COCCCCOCCOc1ccc(OCCOCCCCOCC(COc2ccccc2)OC(=O)c2ccccc2)cc1)COc1ccccc1)c1ccccc1. The lowest BCUT2D eigenvalue weighted by Crippen LogP contribution is -2.30. The fourth-order valence-electron chi connectivity index (χ4n) is 5.75. The van der Waals surface area contributed by atoms with Crippen LogP contribution in [-0.2, 0) is 28.4 Å². The molecule has 0 bridgehead atoms. The van der Waals surface area contributed by atoms with E-state index in [1.54, 1.807) is 48.5 Å². The summed E-state index contributed by atoms with van der Waals surface area (Å²) in [5, 5.41) is 0. The van der Waals surface area contributed by atoms with Crippen molar-refractivity contribution in [3.05, 3.63) is 157 Å². The molecule has 62 heavy (non-hydrogen) atoms. The topological polar surface area (TPSA) is 126 Å². The normalized spacial score (nSPS) is 11.9. The molecule has 0 spiro atoms. The number of carbonyl (C=O) groups is 2. The summed E-state index contributed by atoms with van der Waals surface area (Å²) in [6, 6.07) is 44.0. The summed E-state index contributed by atoms with van der Waals surface area (Å²) in [7, 11) is 0. The third-order valence-electron chi connectivity index (χ3n) is 9.00. The third kappa shape index (κ3) is 19.6. The van der Waals surface area contributed by atoms with E-state index in [0.29, 0.717) is 75.5 Å². The van der Waals surface area contributed by atoms with Crippen LogP contribution in [0.25, 0.3) is 0 Å². The first-order chi connectivity index (χ1) is 30.6. The average molecular weight is 851 g/mol. The summed E-state index contributed by atoms with van der Waals surface area (Å²) in [6.45, 7) is 4.78. The molecule has 12 heteroatoms. The molecular weight excluding hydrogens is 793 g/mol. The standard InChI is InChI=1S/C50H58O12/c51-49(41-17-5-1-6-18-41)61-47(39-59-43-21-9-3-10-22-43)37-55-31-15-13-29-53-33-35-57-45-25-27-46(28-26-45)58-36-34-54-30-14-16-32-56-38-48(40-60-44-23-11-4-12-24-44)62-50(52)42-19-7-2-8-20-42/h1-12,17-28,47-48H,13-16,29-40H2. The molecule has 0 aliphatic heterocycles. The zero-order valence-electron chi connectivity index (χ0n) is 35.2. The third-order valence-corrected chi connectivity index (χ3v) is 9.00. The molecule has 0 N–H and O–H groups in total. The van der Waals surface area contributed by atoms with Crippen molar-refractivity contribution in [2.24, 2.45) is 0 Å².